The summed E-state index contributed by atoms with van der Waals surface area (Å²) >= 11 is 0. The Morgan fingerprint density at radius 1 is 1.26 bits per heavy atom. The molecular formula is C27H27F3N2O6Si. The van der Waals surface area contributed by atoms with Crippen LogP contribution in [0.25, 0.3) is 22.3 Å². The van der Waals surface area contributed by atoms with Gasteiger partial charge in [-0.1, -0.05) is 26.1 Å². The highest BCUT2D eigenvalue weighted by molar-refractivity contribution is 6.91. The van der Waals surface area contributed by atoms with E-state index in [0.29, 0.717) is 33.0 Å². The van der Waals surface area contributed by atoms with E-state index in [1.54, 1.807) is 31.2 Å². The highest BCUT2D eigenvalue weighted by atomic mass is 28.3. The maximum absolute atomic E-state index is 13.5. The molecule has 0 amide bonds. The lowest BCUT2D eigenvalue weighted by Crippen LogP contribution is -2.44. The van der Waals surface area contributed by atoms with Crippen molar-refractivity contribution >= 4 is 36.1 Å². The Hall–Kier alpha value is -3.51. The minimum absolute atomic E-state index is 0.00534. The SMILES string of the molecule is CC[C@@]1(O)C(=O)OCc2c1cc1n(c2=O)Cc2cc3c(OC(C)=O)ccc([Si](C)(C)CCC(F)(F)F)c3nc2-1. The smallest absolute Gasteiger partial charge is 0.388 e. The van der Waals surface area contributed by atoms with Crippen molar-refractivity contribution < 1.29 is 37.3 Å². The monoisotopic (exact) mass is 560 g/mol. The Balaban J connectivity index is 1.75. The molecule has 2 aliphatic heterocycles. The lowest BCUT2D eigenvalue weighted by molar-refractivity contribution is -0.172. The molecule has 0 aliphatic carbocycles. The van der Waals surface area contributed by atoms with Crippen LogP contribution >= 0.6 is 0 Å². The second kappa shape index (κ2) is 9.02. The van der Waals surface area contributed by atoms with Gasteiger partial charge >= 0.3 is 18.1 Å². The van der Waals surface area contributed by atoms with Crippen LogP contribution in [0, 0.1) is 0 Å². The van der Waals surface area contributed by atoms with Crippen molar-refractivity contribution in [1.82, 2.24) is 9.55 Å². The fourth-order valence-corrected chi connectivity index (χ4v) is 7.96. The number of fused-ring (bicyclic) bond motifs is 5. The van der Waals surface area contributed by atoms with Crippen molar-refractivity contribution in [3.05, 3.63) is 51.3 Å². The number of benzene rings is 1. The third-order valence-electron chi connectivity index (χ3n) is 7.65. The molecule has 1 aromatic carbocycles. The molecule has 4 heterocycles. The third kappa shape index (κ3) is 4.45. The number of carbonyl (C=O) groups is 2. The number of ether oxygens (including phenoxy) is 2. The van der Waals surface area contributed by atoms with Crippen LogP contribution in [0.3, 0.4) is 0 Å². The molecule has 2 aliphatic rings. The summed E-state index contributed by atoms with van der Waals surface area (Å²) < 4.78 is 51.4. The summed E-state index contributed by atoms with van der Waals surface area (Å²) in [6, 6.07) is 6.50. The van der Waals surface area contributed by atoms with Gasteiger partial charge in [-0.15, -0.1) is 0 Å². The van der Waals surface area contributed by atoms with Gasteiger partial charge in [0.1, 0.15) is 12.4 Å². The number of rotatable bonds is 5. The summed E-state index contributed by atoms with van der Waals surface area (Å²) in [4.78, 5) is 42.6. The molecule has 2 aromatic heterocycles. The van der Waals surface area contributed by atoms with Gasteiger partial charge in [-0.25, -0.2) is 9.78 Å². The zero-order valence-electron chi connectivity index (χ0n) is 21.9. The number of alkyl halides is 3. The number of hydrogen-bond donors (Lipinski definition) is 1. The van der Waals surface area contributed by atoms with E-state index in [1.807, 2.05) is 13.1 Å². The molecule has 0 radical (unpaired) electrons. The predicted octanol–water partition coefficient (Wildman–Crippen LogP) is 3.87. The predicted molar refractivity (Wildman–Crippen MR) is 138 cm³/mol. The van der Waals surface area contributed by atoms with Crippen LogP contribution in [0.15, 0.2) is 29.1 Å². The van der Waals surface area contributed by atoms with Crippen molar-refractivity contribution in [2.75, 3.05) is 0 Å². The summed E-state index contributed by atoms with van der Waals surface area (Å²) in [5, 5.41) is 12.2. The fraction of sp³-hybridized carbons (Fsp3) is 0.407. The Bertz CT molecular complexity index is 1610. The second-order valence-corrected chi connectivity index (χ2v) is 15.5. The molecule has 12 heteroatoms. The van der Waals surface area contributed by atoms with Crippen LogP contribution in [-0.2, 0) is 33.1 Å². The molecule has 39 heavy (non-hydrogen) atoms. The van der Waals surface area contributed by atoms with Gasteiger partial charge in [-0.3, -0.25) is 9.59 Å². The molecule has 8 nitrogen and oxygen atoms in total. The van der Waals surface area contributed by atoms with Gasteiger partial charge in [-0.05, 0) is 35.9 Å². The molecule has 0 fully saturated rings. The van der Waals surface area contributed by atoms with Crippen LogP contribution in [0.4, 0.5) is 13.2 Å². The van der Waals surface area contributed by atoms with Gasteiger partial charge < -0.3 is 19.1 Å². The van der Waals surface area contributed by atoms with Gasteiger partial charge in [0.2, 0.25) is 0 Å². The van der Waals surface area contributed by atoms with Gasteiger partial charge in [0.15, 0.2) is 5.60 Å². The summed E-state index contributed by atoms with van der Waals surface area (Å²) in [6.45, 7) is 6.39. The summed E-state index contributed by atoms with van der Waals surface area (Å²) in [7, 11) is -2.71. The van der Waals surface area contributed by atoms with Gasteiger partial charge in [-0.2, -0.15) is 13.2 Å². The van der Waals surface area contributed by atoms with Crippen LogP contribution in [-0.4, -0.2) is 40.8 Å². The lowest BCUT2D eigenvalue weighted by atomic mass is 9.86. The lowest BCUT2D eigenvalue weighted by Gasteiger charge is -2.31. The number of aromatic nitrogens is 2. The first-order valence-corrected chi connectivity index (χ1v) is 15.8. The van der Waals surface area contributed by atoms with E-state index < -0.39 is 43.8 Å². The molecule has 5 rings (SSSR count). The molecular weight excluding hydrogens is 533 g/mol. The average molecular weight is 561 g/mol. The number of esters is 2. The van der Waals surface area contributed by atoms with E-state index in [4.69, 9.17) is 14.5 Å². The van der Waals surface area contributed by atoms with Crippen molar-refractivity contribution in [1.29, 1.82) is 0 Å². The first kappa shape index (κ1) is 27.1. The molecule has 206 valence electrons. The topological polar surface area (TPSA) is 108 Å². The van der Waals surface area contributed by atoms with Gasteiger partial charge in [0.25, 0.3) is 5.56 Å². The van der Waals surface area contributed by atoms with E-state index in [2.05, 4.69) is 0 Å². The second-order valence-electron chi connectivity index (χ2n) is 10.7. The number of carbonyl (C=O) groups excluding carboxylic acids is 2. The van der Waals surface area contributed by atoms with E-state index in [1.165, 1.54) is 11.5 Å². The van der Waals surface area contributed by atoms with Crippen LogP contribution < -0.4 is 15.5 Å². The molecule has 1 N–H and O–H groups in total. The highest BCUT2D eigenvalue weighted by Gasteiger charge is 2.45. The minimum Gasteiger partial charge on any atom is -0.458 e. The minimum atomic E-state index is -4.30. The Labute approximate surface area is 222 Å². The maximum Gasteiger partial charge on any atom is 0.388 e. The Morgan fingerprint density at radius 3 is 2.62 bits per heavy atom. The first-order valence-electron chi connectivity index (χ1n) is 12.6. The fourth-order valence-electron chi connectivity index (χ4n) is 5.42. The van der Waals surface area contributed by atoms with Crippen molar-refractivity contribution in [2.45, 2.75) is 70.8 Å². The van der Waals surface area contributed by atoms with E-state index in [-0.39, 0.29) is 42.5 Å². The maximum atomic E-state index is 13.5. The van der Waals surface area contributed by atoms with Crippen LogP contribution in [0.1, 0.15) is 43.4 Å². The highest BCUT2D eigenvalue weighted by Crippen LogP contribution is 2.40. The van der Waals surface area contributed by atoms with Crippen LogP contribution in [0.5, 0.6) is 5.75 Å². The first-order chi connectivity index (χ1) is 18.2. The molecule has 0 saturated heterocycles. The van der Waals surface area contributed by atoms with Crippen molar-refractivity contribution in [3.8, 4) is 17.1 Å². The number of halogens is 3. The van der Waals surface area contributed by atoms with E-state index in [0.717, 1.165) is 0 Å². The Morgan fingerprint density at radius 2 is 1.97 bits per heavy atom. The van der Waals surface area contributed by atoms with Gasteiger partial charge in [0.05, 0.1) is 37.1 Å². The molecule has 1 atom stereocenters. The van der Waals surface area contributed by atoms with Gasteiger partial charge in [0, 0.05) is 29.9 Å². The zero-order valence-corrected chi connectivity index (χ0v) is 22.9. The van der Waals surface area contributed by atoms with Crippen molar-refractivity contribution in [2.24, 2.45) is 0 Å². The third-order valence-corrected chi connectivity index (χ3v) is 11.0. The number of hydrogen-bond acceptors (Lipinski definition) is 7. The van der Waals surface area contributed by atoms with E-state index >= 15 is 0 Å². The molecule has 0 saturated carbocycles. The number of nitrogens with zero attached hydrogens (tertiary/aromatic N) is 2. The average Bonchev–Trinajstić information content (AvgIpc) is 3.22. The number of aliphatic hydroxyl groups is 1. The quantitative estimate of drug-likeness (QED) is 0.224. The molecule has 0 unspecified atom stereocenters. The summed E-state index contributed by atoms with van der Waals surface area (Å²) in [6.07, 6.45) is -5.24. The largest absolute Gasteiger partial charge is 0.458 e. The Kier molecular flexibility index (Phi) is 6.26. The number of pyridine rings is 2. The standard InChI is InChI=1S/C27H27F3N2O6Si/c1-5-26(36)18-11-19-22-15(12-32(19)24(34)17(18)13-37-25(26)35)10-16-20(38-14(2)33)6-7-21(23(16)31-22)39(3,4)9-8-27(28,29)30/h6-7,10-11,36H,5,8-9,12-13H2,1-4H3/t26-/m0/s1. The molecule has 0 spiro atoms. The zero-order chi connectivity index (χ0) is 28.5. The normalized spacial score (nSPS) is 18.4. The molecule has 0 bridgehead atoms. The summed E-state index contributed by atoms with van der Waals surface area (Å²) in [5.74, 6) is -1.18. The summed E-state index contributed by atoms with van der Waals surface area (Å²) in [5.41, 5.74) is -0.225. The van der Waals surface area contributed by atoms with Crippen molar-refractivity contribution in [3.63, 3.8) is 0 Å². The number of cyclic esters (lactones) is 1. The van der Waals surface area contributed by atoms with Crippen LogP contribution in [0.2, 0.25) is 19.1 Å². The molecule has 3 aromatic rings. The van der Waals surface area contributed by atoms with E-state index in [9.17, 15) is 32.7 Å².